The third-order valence-corrected chi connectivity index (χ3v) is 4.05. The summed E-state index contributed by atoms with van der Waals surface area (Å²) in [5, 5.41) is 0. The molecular formula is C17H22O7. The monoisotopic (exact) mass is 338 g/mol. The lowest BCUT2D eigenvalue weighted by molar-refractivity contribution is -0.216. The van der Waals surface area contributed by atoms with Crippen molar-refractivity contribution >= 4 is 6.29 Å². The van der Waals surface area contributed by atoms with E-state index in [0.717, 1.165) is 11.8 Å². The van der Waals surface area contributed by atoms with Gasteiger partial charge in [-0.15, -0.1) is 0 Å². The Hall–Kier alpha value is -1.67. The summed E-state index contributed by atoms with van der Waals surface area (Å²) in [6, 6.07) is 5.51. The van der Waals surface area contributed by atoms with Crippen molar-refractivity contribution in [3.8, 4) is 11.5 Å². The molecule has 2 aliphatic heterocycles. The Morgan fingerprint density at radius 1 is 1.17 bits per heavy atom. The van der Waals surface area contributed by atoms with Gasteiger partial charge in [0, 0.05) is 0 Å². The van der Waals surface area contributed by atoms with E-state index in [2.05, 4.69) is 0 Å². The van der Waals surface area contributed by atoms with E-state index in [1.54, 1.807) is 34.1 Å². The Morgan fingerprint density at radius 2 is 1.92 bits per heavy atom. The minimum atomic E-state index is -0.756. The van der Waals surface area contributed by atoms with Crippen LogP contribution >= 0.6 is 0 Å². The van der Waals surface area contributed by atoms with Crippen LogP contribution in [0, 0.1) is 0 Å². The molecule has 2 aliphatic rings. The Morgan fingerprint density at radius 3 is 2.58 bits per heavy atom. The number of benzene rings is 1. The highest BCUT2D eigenvalue weighted by Crippen LogP contribution is 2.38. The van der Waals surface area contributed by atoms with Gasteiger partial charge in [-0.05, 0) is 31.5 Å². The van der Waals surface area contributed by atoms with Crippen molar-refractivity contribution < 1.29 is 33.2 Å². The largest absolute Gasteiger partial charge is 0.493 e. The molecule has 2 heterocycles. The molecule has 0 aliphatic carbocycles. The van der Waals surface area contributed by atoms with E-state index in [1.165, 1.54) is 0 Å². The van der Waals surface area contributed by atoms with E-state index in [1.807, 2.05) is 12.1 Å². The van der Waals surface area contributed by atoms with Gasteiger partial charge in [0.1, 0.15) is 18.3 Å². The number of aldehydes is 1. The van der Waals surface area contributed by atoms with Crippen LogP contribution in [-0.2, 0) is 30.3 Å². The summed E-state index contributed by atoms with van der Waals surface area (Å²) >= 11 is 0. The Kier molecular flexibility index (Phi) is 4.78. The molecule has 0 bridgehead atoms. The number of carbonyl (C=O) groups is 1. The molecule has 4 atom stereocenters. The zero-order chi connectivity index (χ0) is 17.3. The SMILES string of the molecule is COc1ccc(CO[C@@H]2[C@H]3OC(C)(C)O[C@H]3O[C@@H]2C=O)cc1OC. The van der Waals surface area contributed by atoms with E-state index >= 15 is 0 Å². The molecule has 7 nitrogen and oxygen atoms in total. The van der Waals surface area contributed by atoms with E-state index in [4.69, 9.17) is 28.4 Å². The molecule has 2 saturated heterocycles. The third-order valence-electron chi connectivity index (χ3n) is 4.05. The first kappa shape index (κ1) is 17.2. The Bertz CT molecular complexity index is 601. The molecule has 1 aromatic rings. The van der Waals surface area contributed by atoms with Crippen molar-refractivity contribution in [2.45, 2.75) is 50.8 Å². The van der Waals surface area contributed by atoms with Crippen molar-refractivity contribution in [1.29, 1.82) is 0 Å². The van der Waals surface area contributed by atoms with Crippen molar-refractivity contribution in [3.05, 3.63) is 23.8 Å². The summed E-state index contributed by atoms with van der Waals surface area (Å²) in [6.07, 6.45) is -1.54. The van der Waals surface area contributed by atoms with Crippen molar-refractivity contribution in [1.82, 2.24) is 0 Å². The van der Waals surface area contributed by atoms with Crippen LogP contribution in [0.4, 0.5) is 0 Å². The highest BCUT2D eigenvalue weighted by molar-refractivity contribution is 5.58. The Balaban J connectivity index is 1.69. The average molecular weight is 338 g/mol. The van der Waals surface area contributed by atoms with Crippen LogP contribution < -0.4 is 9.47 Å². The van der Waals surface area contributed by atoms with Gasteiger partial charge in [-0.2, -0.15) is 0 Å². The van der Waals surface area contributed by atoms with Crippen molar-refractivity contribution in [3.63, 3.8) is 0 Å². The van der Waals surface area contributed by atoms with Crippen LogP contribution in [-0.4, -0.2) is 50.9 Å². The minimum absolute atomic E-state index is 0.283. The lowest BCUT2D eigenvalue weighted by Gasteiger charge is -2.23. The van der Waals surface area contributed by atoms with Gasteiger partial charge in [-0.25, -0.2) is 0 Å². The lowest BCUT2D eigenvalue weighted by atomic mass is 10.1. The molecule has 0 N–H and O–H groups in total. The van der Waals surface area contributed by atoms with Crippen LogP contribution in [0.5, 0.6) is 11.5 Å². The molecule has 0 aromatic heterocycles. The summed E-state index contributed by atoms with van der Waals surface area (Å²) in [4.78, 5) is 11.3. The van der Waals surface area contributed by atoms with E-state index < -0.39 is 30.4 Å². The second-order valence-electron chi connectivity index (χ2n) is 6.17. The van der Waals surface area contributed by atoms with E-state index in [0.29, 0.717) is 11.5 Å². The molecule has 1 aromatic carbocycles. The van der Waals surface area contributed by atoms with Crippen molar-refractivity contribution in [2.75, 3.05) is 14.2 Å². The molecule has 132 valence electrons. The number of rotatable bonds is 6. The second kappa shape index (κ2) is 6.68. The van der Waals surface area contributed by atoms with Gasteiger partial charge >= 0.3 is 0 Å². The Labute approximate surface area is 140 Å². The maximum absolute atomic E-state index is 11.3. The van der Waals surface area contributed by atoms with Crippen LogP contribution in [0.15, 0.2) is 18.2 Å². The number of carbonyl (C=O) groups excluding carboxylic acids is 1. The molecule has 0 unspecified atom stereocenters. The third kappa shape index (κ3) is 3.25. The van der Waals surface area contributed by atoms with Gasteiger partial charge < -0.3 is 33.2 Å². The van der Waals surface area contributed by atoms with Gasteiger partial charge in [-0.3, -0.25) is 0 Å². The normalized spacial score (nSPS) is 30.8. The highest BCUT2D eigenvalue weighted by Gasteiger charge is 2.55. The molecular weight excluding hydrogens is 316 g/mol. The summed E-state index contributed by atoms with van der Waals surface area (Å²) in [6.45, 7) is 3.89. The molecule has 24 heavy (non-hydrogen) atoms. The lowest BCUT2D eigenvalue weighted by Crippen LogP contribution is -2.37. The maximum atomic E-state index is 11.3. The fraction of sp³-hybridized carbons (Fsp3) is 0.588. The van der Waals surface area contributed by atoms with Crippen LogP contribution in [0.1, 0.15) is 19.4 Å². The molecule has 0 spiro atoms. The molecule has 0 radical (unpaired) electrons. The number of hydrogen-bond acceptors (Lipinski definition) is 7. The maximum Gasteiger partial charge on any atom is 0.190 e. The number of ether oxygens (including phenoxy) is 6. The van der Waals surface area contributed by atoms with Crippen LogP contribution in [0.25, 0.3) is 0 Å². The fourth-order valence-corrected chi connectivity index (χ4v) is 2.97. The molecule has 0 saturated carbocycles. The highest BCUT2D eigenvalue weighted by atomic mass is 16.8. The summed E-state index contributed by atoms with van der Waals surface area (Å²) in [7, 11) is 3.16. The zero-order valence-corrected chi connectivity index (χ0v) is 14.2. The number of fused-ring (bicyclic) bond motifs is 1. The summed E-state index contributed by atoms with van der Waals surface area (Å²) < 4.78 is 33.4. The van der Waals surface area contributed by atoms with Gasteiger partial charge in [-0.1, -0.05) is 6.07 Å². The number of hydrogen-bond donors (Lipinski definition) is 0. The fourth-order valence-electron chi connectivity index (χ4n) is 2.97. The van der Waals surface area contributed by atoms with Crippen LogP contribution in [0.3, 0.4) is 0 Å². The summed E-state index contributed by atoms with van der Waals surface area (Å²) in [5.41, 5.74) is 0.888. The molecule has 2 fully saturated rings. The number of methoxy groups -OCH3 is 2. The standard InChI is InChI=1S/C17H22O7/c1-17(2)23-15-14(13(8-18)22-16(15)24-17)21-9-10-5-6-11(19-3)12(7-10)20-4/h5-8,13-16H,9H2,1-4H3/t13-,14+,15-,16-/m1/s1. The first-order valence-corrected chi connectivity index (χ1v) is 7.76. The summed E-state index contributed by atoms with van der Waals surface area (Å²) in [5.74, 6) is 0.506. The van der Waals surface area contributed by atoms with Crippen LogP contribution in [0.2, 0.25) is 0 Å². The van der Waals surface area contributed by atoms with Gasteiger partial charge in [0.05, 0.1) is 20.8 Å². The zero-order valence-electron chi connectivity index (χ0n) is 14.2. The van der Waals surface area contributed by atoms with Gasteiger partial charge in [0.25, 0.3) is 0 Å². The quantitative estimate of drug-likeness (QED) is 0.731. The smallest absolute Gasteiger partial charge is 0.190 e. The molecule has 7 heteroatoms. The molecule has 0 amide bonds. The van der Waals surface area contributed by atoms with Gasteiger partial charge in [0.2, 0.25) is 0 Å². The van der Waals surface area contributed by atoms with E-state index in [-0.39, 0.29) is 6.61 Å². The first-order chi connectivity index (χ1) is 11.5. The predicted molar refractivity (Wildman–Crippen MR) is 82.9 cm³/mol. The average Bonchev–Trinajstić information content (AvgIpc) is 3.03. The van der Waals surface area contributed by atoms with E-state index in [9.17, 15) is 4.79 Å². The minimum Gasteiger partial charge on any atom is -0.493 e. The molecule has 3 rings (SSSR count). The first-order valence-electron chi connectivity index (χ1n) is 7.76. The van der Waals surface area contributed by atoms with Gasteiger partial charge in [0.15, 0.2) is 29.9 Å². The second-order valence-corrected chi connectivity index (χ2v) is 6.17. The predicted octanol–water partition coefficient (Wildman–Crippen LogP) is 1.66. The van der Waals surface area contributed by atoms with Crippen molar-refractivity contribution in [2.24, 2.45) is 0 Å². The topological polar surface area (TPSA) is 72.5 Å².